The smallest absolute Gasteiger partial charge is 0.171 e. The summed E-state index contributed by atoms with van der Waals surface area (Å²) in [6.07, 6.45) is 24.1. The van der Waals surface area contributed by atoms with E-state index in [0.29, 0.717) is 5.92 Å². The van der Waals surface area contributed by atoms with E-state index in [1.165, 1.54) is 49.0 Å². The minimum absolute atomic E-state index is 0.169. The van der Waals surface area contributed by atoms with E-state index in [2.05, 4.69) is 175 Å². The highest BCUT2D eigenvalue weighted by Gasteiger charge is 2.47. The first kappa shape index (κ1) is 27.7. The molecule has 1 aromatic heterocycles. The Morgan fingerprint density at radius 3 is 2.24 bits per heavy atom. The summed E-state index contributed by atoms with van der Waals surface area (Å²) in [5.74, 6) is 0.466. The number of benzene rings is 4. The molecule has 0 spiro atoms. The number of dihydropyridines is 1. The second kappa shape index (κ2) is 11.6. The van der Waals surface area contributed by atoms with Gasteiger partial charge in [0.15, 0.2) is 8.07 Å². The van der Waals surface area contributed by atoms with E-state index in [1.807, 2.05) is 0 Å². The molecule has 1 N–H and O–H groups in total. The summed E-state index contributed by atoms with van der Waals surface area (Å²) in [6.45, 7) is 2.35. The van der Waals surface area contributed by atoms with Crippen LogP contribution in [0.3, 0.4) is 0 Å². The number of para-hydroxylation sites is 1. The Balaban J connectivity index is 1.37. The number of fused-ring (bicyclic) bond motifs is 3. The van der Waals surface area contributed by atoms with Crippen LogP contribution >= 0.6 is 0 Å². The first-order valence-electron chi connectivity index (χ1n) is 16.3. The van der Waals surface area contributed by atoms with Crippen LogP contribution in [0.4, 0.5) is 0 Å². The third kappa shape index (κ3) is 4.62. The van der Waals surface area contributed by atoms with Crippen molar-refractivity contribution in [3.63, 3.8) is 0 Å². The maximum absolute atomic E-state index is 3.98. The zero-order chi connectivity index (χ0) is 30.2. The van der Waals surface area contributed by atoms with Crippen LogP contribution < -0.4 is 15.7 Å². The molecule has 0 saturated heterocycles. The lowest BCUT2D eigenvalue weighted by Gasteiger charge is -2.42. The summed E-state index contributed by atoms with van der Waals surface area (Å²) in [5, 5.41) is 11.1. The minimum atomic E-state index is -2.59. The van der Waals surface area contributed by atoms with Gasteiger partial charge in [-0.15, -0.1) is 0 Å². The van der Waals surface area contributed by atoms with Crippen molar-refractivity contribution in [2.24, 2.45) is 5.92 Å². The Kier molecular flexibility index (Phi) is 7.11. The highest BCUT2D eigenvalue weighted by atomic mass is 28.3. The van der Waals surface area contributed by atoms with Crippen molar-refractivity contribution in [2.45, 2.75) is 31.9 Å². The molecule has 0 bridgehead atoms. The molecule has 0 radical (unpaired) electrons. The van der Waals surface area contributed by atoms with Crippen LogP contribution in [0.5, 0.6) is 0 Å². The van der Waals surface area contributed by atoms with Crippen molar-refractivity contribution < 1.29 is 0 Å². The van der Waals surface area contributed by atoms with E-state index >= 15 is 0 Å². The predicted molar refractivity (Wildman–Crippen MR) is 195 cm³/mol. The second-order valence-corrected chi connectivity index (χ2v) is 16.6. The van der Waals surface area contributed by atoms with E-state index in [-0.39, 0.29) is 5.67 Å². The molecule has 45 heavy (non-hydrogen) atoms. The number of nitrogens with zero attached hydrogens (tertiary/aromatic N) is 1. The number of rotatable bonds is 6. The topological polar surface area (TPSA) is 17.0 Å². The lowest BCUT2D eigenvalue weighted by molar-refractivity contribution is 0.725. The quantitative estimate of drug-likeness (QED) is 0.194. The first-order chi connectivity index (χ1) is 22.2. The maximum atomic E-state index is 3.98. The fourth-order valence-electron chi connectivity index (χ4n) is 7.82. The highest BCUT2D eigenvalue weighted by Crippen LogP contribution is 2.37. The molecule has 5 aromatic rings. The number of hydrogen-bond acceptors (Lipinski definition) is 1. The van der Waals surface area contributed by atoms with Crippen LogP contribution in [0.15, 0.2) is 163 Å². The molecule has 3 unspecified atom stereocenters. The first-order valence-corrected chi connectivity index (χ1v) is 18.3. The zero-order valence-electron chi connectivity index (χ0n) is 25.7. The van der Waals surface area contributed by atoms with Crippen LogP contribution in [0.25, 0.3) is 33.1 Å². The Labute approximate surface area is 267 Å². The molecule has 2 nitrogen and oxygen atoms in total. The molecule has 8 rings (SSSR count). The number of aromatic nitrogens is 1. The van der Waals surface area contributed by atoms with Crippen molar-refractivity contribution >= 4 is 51.5 Å². The van der Waals surface area contributed by atoms with E-state index in [9.17, 15) is 0 Å². The van der Waals surface area contributed by atoms with Gasteiger partial charge in [-0.2, -0.15) is 0 Å². The van der Waals surface area contributed by atoms with Gasteiger partial charge < -0.3 is 9.88 Å². The van der Waals surface area contributed by atoms with Gasteiger partial charge in [0.2, 0.25) is 0 Å². The second-order valence-electron chi connectivity index (χ2n) is 12.5. The van der Waals surface area contributed by atoms with Gasteiger partial charge in [-0.05, 0) is 59.0 Å². The molecule has 3 heteroatoms. The van der Waals surface area contributed by atoms with Crippen molar-refractivity contribution in [1.29, 1.82) is 0 Å². The van der Waals surface area contributed by atoms with Crippen molar-refractivity contribution in [3.8, 4) is 0 Å². The van der Waals surface area contributed by atoms with Crippen molar-refractivity contribution in [2.75, 3.05) is 0 Å². The van der Waals surface area contributed by atoms with Crippen molar-refractivity contribution in [3.05, 3.63) is 169 Å². The third-order valence-corrected chi connectivity index (χ3v) is 15.2. The van der Waals surface area contributed by atoms with E-state index in [0.717, 1.165) is 19.3 Å². The summed E-state index contributed by atoms with van der Waals surface area (Å²) in [7, 11) is -2.59. The highest BCUT2D eigenvalue weighted by molar-refractivity contribution is 7.09. The van der Waals surface area contributed by atoms with Gasteiger partial charge in [-0.3, -0.25) is 0 Å². The minimum Gasteiger partial charge on any atom is -0.386 e. The molecule has 1 aliphatic heterocycles. The van der Waals surface area contributed by atoms with E-state index < -0.39 is 8.07 Å². The van der Waals surface area contributed by atoms with Crippen LogP contribution in [0, 0.1) is 5.92 Å². The Morgan fingerprint density at radius 2 is 1.49 bits per heavy atom. The molecular weight excluding hydrogens is 561 g/mol. The fraction of sp³-hybridized carbons (Fsp3) is 0.143. The number of nitrogens with one attached hydrogen (secondary N) is 1. The molecule has 4 aromatic carbocycles. The standard InChI is InChI=1S/C42H38N2Si/c1-31-15-11-13-23-39(31)44-40-24-14-12-22-37(40)38-29-36(26-27-41(38)44)45(34-18-7-3-8-19-34,35-20-9-4-10-21-35)42-28-25-33(30-43-42)32-16-5-2-6-17-32/h2-9,11-14,16-20,22-31,42-43H,10,15,21H2,1H3. The Hall–Kier alpha value is -4.86. The summed E-state index contributed by atoms with van der Waals surface area (Å²) < 4.78 is 2.52. The molecule has 0 amide bonds. The average molecular weight is 599 g/mol. The third-order valence-electron chi connectivity index (χ3n) is 9.99. The molecule has 3 atom stereocenters. The lowest BCUT2D eigenvalue weighted by atomic mass is 9.98. The Morgan fingerprint density at radius 1 is 0.733 bits per heavy atom. The molecule has 2 aliphatic carbocycles. The van der Waals surface area contributed by atoms with Gasteiger partial charge in [0.05, 0.1) is 11.0 Å². The van der Waals surface area contributed by atoms with Gasteiger partial charge in [0.1, 0.15) is 0 Å². The SMILES string of the molecule is CC1CC=CC=C1n1c2ccccc2c2cc([Si](C3=CC=CCC3)(c3ccccc3)C3C=CC(c4ccccc4)=CN3)ccc21. The van der Waals surface area contributed by atoms with Crippen molar-refractivity contribution in [1.82, 2.24) is 9.88 Å². The molecule has 0 fully saturated rings. The normalized spacial score (nSPS) is 20.8. The summed E-state index contributed by atoms with van der Waals surface area (Å²) in [5.41, 5.74) is 6.58. The molecule has 3 aliphatic rings. The number of hydrogen-bond donors (Lipinski definition) is 1. The van der Waals surface area contributed by atoms with Gasteiger partial charge in [-0.1, -0.05) is 146 Å². The largest absolute Gasteiger partial charge is 0.386 e. The van der Waals surface area contributed by atoms with Crippen LogP contribution in [0.1, 0.15) is 31.7 Å². The fourth-order valence-corrected chi connectivity index (χ4v) is 13.1. The molecular formula is C42H38N2Si. The Bertz CT molecular complexity index is 2070. The summed E-state index contributed by atoms with van der Waals surface area (Å²) in [6, 6.07) is 38.5. The van der Waals surface area contributed by atoms with E-state index in [1.54, 1.807) is 5.20 Å². The molecule has 220 valence electrons. The van der Waals surface area contributed by atoms with E-state index in [4.69, 9.17) is 0 Å². The summed E-state index contributed by atoms with van der Waals surface area (Å²) in [4.78, 5) is 0. The van der Waals surface area contributed by atoms with Gasteiger partial charge in [-0.25, -0.2) is 0 Å². The lowest BCUT2D eigenvalue weighted by Crippen LogP contribution is -2.71. The molecule has 2 heterocycles. The van der Waals surface area contributed by atoms with Crippen LogP contribution in [-0.2, 0) is 0 Å². The monoisotopic (exact) mass is 598 g/mol. The predicted octanol–water partition coefficient (Wildman–Crippen LogP) is 8.72. The average Bonchev–Trinajstić information content (AvgIpc) is 3.44. The van der Waals surface area contributed by atoms with Gasteiger partial charge in [0, 0.05) is 34.3 Å². The molecule has 0 saturated carbocycles. The van der Waals surface area contributed by atoms with Gasteiger partial charge >= 0.3 is 0 Å². The zero-order valence-corrected chi connectivity index (χ0v) is 26.7. The number of allylic oxidation sites excluding steroid dienone is 10. The van der Waals surface area contributed by atoms with Crippen LogP contribution in [0.2, 0.25) is 0 Å². The van der Waals surface area contributed by atoms with Crippen LogP contribution in [-0.4, -0.2) is 18.3 Å². The van der Waals surface area contributed by atoms with Gasteiger partial charge in [0.25, 0.3) is 0 Å². The summed E-state index contributed by atoms with van der Waals surface area (Å²) >= 11 is 0. The maximum Gasteiger partial charge on any atom is 0.171 e.